The molecule has 2 aromatic carbocycles. The summed E-state index contributed by atoms with van der Waals surface area (Å²) in [6.45, 7) is 0. The number of nitrogens with zero attached hydrogens (tertiary/aromatic N) is 2. The summed E-state index contributed by atoms with van der Waals surface area (Å²) in [5.74, 6) is 0. The Labute approximate surface area is 137 Å². The second kappa shape index (κ2) is 5.17. The quantitative estimate of drug-likeness (QED) is 0.529. The molecule has 0 spiro atoms. The summed E-state index contributed by atoms with van der Waals surface area (Å²) >= 11 is 1.16. The van der Waals surface area contributed by atoms with Crippen LogP contribution in [0.3, 0.4) is 0 Å². The molecular weight excluding hydrogens is 337 g/mol. The molecule has 0 aliphatic rings. The van der Waals surface area contributed by atoms with E-state index < -0.39 is 11.7 Å². The van der Waals surface area contributed by atoms with Crippen LogP contribution in [0.2, 0.25) is 0 Å². The van der Waals surface area contributed by atoms with E-state index in [4.69, 9.17) is 0 Å². The van der Waals surface area contributed by atoms with E-state index in [1.54, 1.807) is 6.07 Å². The van der Waals surface area contributed by atoms with Crippen molar-refractivity contribution in [2.75, 3.05) is 0 Å². The standard InChI is InChI=1S/C17H9F3N2OS/c18-17(19,20)11-5-3-4-10(8-11)9-14-15(23)22-13-7-2-1-6-12(13)21-16(22)24-14/h1-9H/b14-9+. The third-order valence-corrected chi connectivity index (χ3v) is 4.63. The normalized spacial score (nSPS) is 13.2. The van der Waals surface area contributed by atoms with Crippen molar-refractivity contribution in [2.45, 2.75) is 6.18 Å². The zero-order valence-electron chi connectivity index (χ0n) is 12.0. The van der Waals surface area contributed by atoms with Gasteiger partial charge < -0.3 is 0 Å². The minimum Gasteiger partial charge on any atom is -0.267 e. The monoisotopic (exact) mass is 346 g/mol. The maximum absolute atomic E-state index is 12.8. The van der Waals surface area contributed by atoms with Crippen LogP contribution in [0.4, 0.5) is 13.2 Å². The summed E-state index contributed by atoms with van der Waals surface area (Å²) in [6, 6.07) is 12.1. The molecule has 4 rings (SSSR count). The molecule has 0 amide bonds. The first-order chi connectivity index (χ1) is 11.4. The summed E-state index contributed by atoms with van der Waals surface area (Å²) < 4.78 is 40.2. The van der Waals surface area contributed by atoms with Gasteiger partial charge in [-0.3, -0.25) is 4.79 Å². The summed E-state index contributed by atoms with van der Waals surface area (Å²) in [7, 11) is 0. The lowest BCUT2D eigenvalue weighted by Gasteiger charge is -2.06. The first kappa shape index (κ1) is 14.9. The molecule has 0 N–H and O–H groups in total. The van der Waals surface area contributed by atoms with Gasteiger partial charge in [-0.1, -0.05) is 35.6 Å². The summed E-state index contributed by atoms with van der Waals surface area (Å²) in [5.41, 5.74) is 0.719. The highest BCUT2D eigenvalue weighted by molar-refractivity contribution is 7.15. The molecule has 0 aliphatic heterocycles. The fraction of sp³-hybridized carbons (Fsp3) is 0.0588. The molecule has 24 heavy (non-hydrogen) atoms. The van der Waals surface area contributed by atoms with Crippen molar-refractivity contribution >= 4 is 33.4 Å². The lowest BCUT2D eigenvalue weighted by Crippen LogP contribution is -2.22. The Bertz CT molecular complexity index is 1170. The molecule has 7 heteroatoms. The van der Waals surface area contributed by atoms with Crippen LogP contribution in [0.5, 0.6) is 0 Å². The van der Waals surface area contributed by atoms with Gasteiger partial charge in [-0.15, -0.1) is 0 Å². The summed E-state index contributed by atoms with van der Waals surface area (Å²) in [6.07, 6.45) is -2.95. The topological polar surface area (TPSA) is 34.4 Å². The van der Waals surface area contributed by atoms with Crippen molar-refractivity contribution < 1.29 is 13.2 Å². The van der Waals surface area contributed by atoms with E-state index in [9.17, 15) is 18.0 Å². The Morgan fingerprint density at radius 3 is 2.67 bits per heavy atom. The van der Waals surface area contributed by atoms with E-state index >= 15 is 0 Å². The van der Waals surface area contributed by atoms with E-state index in [0.29, 0.717) is 26.1 Å². The fourth-order valence-corrected chi connectivity index (χ4v) is 3.55. The van der Waals surface area contributed by atoms with Gasteiger partial charge >= 0.3 is 6.18 Å². The average molecular weight is 346 g/mol. The fourth-order valence-electron chi connectivity index (χ4n) is 2.57. The maximum Gasteiger partial charge on any atom is 0.416 e. The van der Waals surface area contributed by atoms with Crippen molar-refractivity contribution in [2.24, 2.45) is 0 Å². The van der Waals surface area contributed by atoms with Gasteiger partial charge in [0.25, 0.3) is 5.56 Å². The molecule has 0 fully saturated rings. The van der Waals surface area contributed by atoms with Gasteiger partial charge in [-0.05, 0) is 35.9 Å². The molecule has 0 aliphatic carbocycles. The second-order valence-corrected chi connectivity index (χ2v) is 6.27. The number of fused-ring (bicyclic) bond motifs is 3. The molecule has 120 valence electrons. The maximum atomic E-state index is 12.8. The van der Waals surface area contributed by atoms with Crippen LogP contribution in [-0.4, -0.2) is 9.38 Å². The zero-order valence-corrected chi connectivity index (χ0v) is 12.9. The Kier molecular flexibility index (Phi) is 3.21. The van der Waals surface area contributed by atoms with Gasteiger partial charge in [0, 0.05) is 0 Å². The minimum absolute atomic E-state index is 0.277. The van der Waals surface area contributed by atoms with Crippen LogP contribution >= 0.6 is 11.3 Å². The van der Waals surface area contributed by atoms with Gasteiger partial charge in [0.05, 0.1) is 21.1 Å². The lowest BCUT2D eigenvalue weighted by molar-refractivity contribution is -0.137. The first-order valence-electron chi connectivity index (χ1n) is 7.02. The molecule has 0 bridgehead atoms. The number of rotatable bonds is 1. The molecule has 0 radical (unpaired) electrons. The number of thiazole rings is 1. The summed E-state index contributed by atoms with van der Waals surface area (Å²) in [4.78, 5) is 17.5. The van der Waals surface area contributed by atoms with E-state index in [1.165, 1.54) is 22.6 Å². The van der Waals surface area contributed by atoms with Crippen LogP contribution < -0.4 is 10.1 Å². The Morgan fingerprint density at radius 2 is 1.88 bits per heavy atom. The van der Waals surface area contributed by atoms with Gasteiger partial charge in [-0.2, -0.15) is 13.2 Å². The van der Waals surface area contributed by atoms with Crippen LogP contribution in [-0.2, 0) is 6.18 Å². The molecule has 4 aromatic rings. The summed E-state index contributed by atoms with van der Waals surface area (Å²) in [5, 5.41) is 0. The van der Waals surface area contributed by atoms with Gasteiger partial charge in [0.2, 0.25) is 0 Å². The number of halogens is 3. The highest BCUT2D eigenvalue weighted by atomic mass is 32.1. The van der Waals surface area contributed by atoms with E-state index in [-0.39, 0.29) is 5.56 Å². The van der Waals surface area contributed by atoms with Crippen molar-refractivity contribution in [3.8, 4) is 0 Å². The third kappa shape index (κ3) is 2.37. The average Bonchev–Trinajstić information content (AvgIpc) is 3.04. The number of alkyl halides is 3. The molecule has 0 atom stereocenters. The molecule has 0 saturated carbocycles. The zero-order chi connectivity index (χ0) is 16.9. The molecule has 3 nitrogen and oxygen atoms in total. The van der Waals surface area contributed by atoms with Crippen LogP contribution in [0, 0.1) is 0 Å². The number of hydrogen-bond donors (Lipinski definition) is 0. The first-order valence-corrected chi connectivity index (χ1v) is 7.84. The van der Waals surface area contributed by atoms with Crippen molar-refractivity contribution in [3.63, 3.8) is 0 Å². The van der Waals surface area contributed by atoms with Crippen molar-refractivity contribution in [1.82, 2.24) is 9.38 Å². The highest BCUT2D eigenvalue weighted by Gasteiger charge is 2.30. The number of aromatic nitrogens is 2. The van der Waals surface area contributed by atoms with Crippen LogP contribution in [0.15, 0.2) is 53.3 Å². The highest BCUT2D eigenvalue weighted by Crippen LogP contribution is 2.29. The Morgan fingerprint density at radius 1 is 1.08 bits per heavy atom. The van der Waals surface area contributed by atoms with Gasteiger partial charge in [0.15, 0.2) is 4.96 Å². The van der Waals surface area contributed by atoms with E-state index in [0.717, 1.165) is 23.5 Å². The van der Waals surface area contributed by atoms with Gasteiger partial charge in [0.1, 0.15) is 0 Å². The molecular formula is C17H9F3N2OS. The van der Waals surface area contributed by atoms with Crippen LogP contribution in [0.1, 0.15) is 11.1 Å². The van der Waals surface area contributed by atoms with Crippen molar-refractivity contribution in [1.29, 1.82) is 0 Å². The number of benzene rings is 2. The van der Waals surface area contributed by atoms with Gasteiger partial charge in [-0.25, -0.2) is 9.38 Å². The lowest BCUT2D eigenvalue weighted by atomic mass is 10.1. The predicted octanol–water partition coefficient (Wildman–Crippen LogP) is 3.48. The molecule has 2 heterocycles. The van der Waals surface area contributed by atoms with Crippen molar-refractivity contribution in [3.05, 3.63) is 74.5 Å². The molecule has 0 unspecified atom stereocenters. The predicted molar refractivity (Wildman–Crippen MR) is 87.1 cm³/mol. The molecule has 2 aromatic heterocycles. The number of hydrogen-bond acceptors (Lipinski definition) is 3. The number of para-hydroxylation sites is 2. The Hall–Kier alpha value is -2.67. The Balaban J connectivity index is 1.92. The van der Waals surface area contributed by atoms with E-state index in [1.807, 2.05) is 18.2 Å². The third-order valence-electron chi connectivity index (χ3n) is 3.66. The molecule has 0 saturated heterocycles. The SMILES string of the molecule is O=c1/c(=C\c2cccc(C(F)(F)F)c2)sc2nc3ccccc3n12. The largest absolute Gasteiger partial charge is 0.416 e. The van der Waals surface area contributed by atoms with Crippen LogP contribution in [0.25, 0.3) is 22.1 Å². The second-order valence-electron chi connectivity index (χ2n) is 5.26. The smallest absolute Gasteiger partial charge is 0.267 e. The minimum atomic E-state index is -4.41. The van der Waals surface area contributed by atoms with E-state index in [2.05, 4.69) is 4.98 Å². The number of imidazole rings is 1.